The highest BCUT2D eigenvalue weighted by atomic mass is 16.1. The molecule has 2 unspecified atom stereocenters. The third-order valence-corrected chi connectivity index (χ3v) is 2.64. The van der Waals surface area contributed by atoms with Crippen molar-refractivity contribution in [2.75, 3.05) is 0 Å². The van der Waals surface area contributed by atoms with Gasteiger partial charge in [-0.2, -0.15) is 0 Å². The Kier molecular flexibility index (Phi) is 2.85. The van der Waals surface area contributed by atoms with Crippen LogP contribution in [-0.4, -0.2) is 6.29 Å². The average molecular weight is 164 g/mol. The van der Waals surface area contributed by atoms with E-state index in [4.69, 9.17) is 0 Å². The summed E-state index contributed by atoms with van der Waals surface area (Å²) in [6.45, 7) is 8.19. The van der Waals surface area contributed by atoms with Gasteiger partial charge >= 0.3 is 0 Å². The van der Waals surface area contributed by atoms with Gasteiger partial charge in [0.25, 0.3) is 0 Å². The minimum Gasteiger partial charge on any atom is -0.298 e. The fourth-order valence-electron chi connectivity index (χ4n) is 1.92. The molecule has 1 rings (SSSR count). The van der Waals surface area contributed by atoms with Crippen molar-refractivity contribution in [3.63, 3.8) is 0 Å². The van der Waals surface area contributed by atoms with Gasteiger partial charge in [0.1, 0.15) is 6.29 Å². The smallest absolute Gasteiger partial charge is 0.145 e. The third-order valence-electron chi connectivity index (χ3n) is 2.64. The van der Waals surface area contributed by atoms with E-state index in [1.807, 2.05) is 0 Å². The molecule has 0 spiro atoms. The van der Waals surface area contributed by atoms with Gasteiger partial charge in [0.05, 0.1) is 0 Å². The van der Waals surface area contributed by atoms with Gasteiger partial charge in [-0.25, -0.2) is 0 Å². The van der Waals surface area contributed by atoms with Crippen molar-refractivity contribution in [3.8, 4) is 0 Å². The van der Waals surface area contributed by atoms with Gasteiger partial charge in [0, 0.05) is 0 Å². The van der Waals surface area contributed by atoms with E-state index in [1.54, 1.807) is 0 Å². The summed E-state index contributed by atoms with van der Waals surface area (Å²) in [5.74, 6) is 1.06. The van der Waals surface area contributed by atoms with E-state index >= 15 is 0 Å². The largest absolute Gasteiger partial charge is 0.298 e. The summed E-state index contributed by atoms with van der Waals surface area (Å²) >= 11 is 0. The molecule has 0 N–H and O–H groups in total. The first-order valence-electron chi connectivity index (χ1n) is 4.46. The Bertz CT molecular complexity index is 225. The fourth-order valence-corrected chi connectivity index (χ4v) is 1.92. The molecule has 0 aromatic heterocycles. The summed E-state index contributed by atoms with van der Waals surface area (Å²) in [7, 11) is 0. The van der Waals surface area contributed by atoms with Crippen molar-refractivity contribution in [1.82, 2.24) is 0 Å². The zero-order chi connectivity index (χ0) is 9.14. The molecule has 66 valence electrons. The van der Waals surface area contributed by atoms with Crippen molar-refractivity contribution < 1.29 is 4.79 Å². The van der Waals surface area contributed by atoms with Crippen molar-refractivity contribution >= 4 is 6.29 Å². The first kappa shape index (κ1) is 9.24. The maximum absolute atomic E-state index is 10.5. The van der Waals surface area contributed by atoms with Gasteiger partial charge < -0.3 is 0 Å². The minimum atomic E-state index is 0.483. The van der Waals surface area contributed by atoms with Crippen molar-refractivity contribution in [2.24, 2.45) is 11.8 Å². The normalized spacial score (nSPS) is 29.3. The topological polar surface area (TPSA) is 17.1 Å². The second-order valence-corrected chi connectivity index (χ2v) is 3.71. The number of hydrogen-bond donors (Lipinski definition) is 0. The van der Waals surface area contributed by atoms with Crippen LogP contribution in [0.2, 0.25) is 0 Å². The summed E-state index contributed by atoms with van der Waals surface area (Å²) in [6, 6.07) is 0. The van der Waals surface area contributed by atoms with Crippen molar-refractivity contribution in [3.05, 3.63) is 23.8 Å². The Morgan fingerprint density at radius 2 is 2.42 bits per heavy atom. The molecular weight excluding hydrogens is 148 g/mol. The Morgan fingerprint density at radius 1 is 1.75 bits per heavy atom. The Hall–Kier alpha value is -0.850. The van der Waals surface area contributed by atoms with Gasteiger partial charge in [0.15, 0.2) is 0 Å². The third kappa shape index (κ3) is 1.84. The molecule has 1 aliphatic carbocycles. The minimum absolute atomic E-state index is 0.483. The quantitative estimate of drug-likeness (QED) is 0.453. The molecule has 0 amide bonds. The standard InChI is InChI=1S/C11H16O/c1-8(2)11-5-4-10(7-12)6-9(11)3/h6-7,9,11H,1,4-5H2,2-3H3. The molecule has 0 bridgehead atoms. The lowest BCUT2D eigenvalue weighted by Crippen LogP contribution is -2.16. The van der Waals surface area contributed by atoms with Crippen LogP contribution in [0, 0.1) is 11.8 Å². The highest BCUT2D eigenvalue weighted by Gasteiger charge is 2.21. The van der Waals surface area contributed by atoms with Crippen molar-refractivity contribution in [1.29, 1.82) is 0 Å². The molecule has 0 aromatic rings. The molecule has 1 heteroatoms. The Balaban J connectivity index is 2.72. The SMILES string of the molecule is C=C(C)C1CCC(C=O)=CC1C. The summed E-state index contributed by atoms with van der Waals surface area (Å²) in [5.41, 5.74) is 2.20. The highest BCUT2D eigenvalue weighted by molar-refractivity contribution is 5.73. The van der Waals surface area contributed by atoms with Crippen LogP contribution in [0.5, 0.6) is 0 Å². The number of carbonyl (C=O) groups excluding carboxylic acids is 1. The van der Waals surface area contributed by atoms with E-state index in [9.17, 15) is 4.79 Å². The van der Waals surface area contributed by atoms with E-state index < -0.39 is 0 Å². The zero-order valence-corrected chi connectivity index (χ0v) is 7.84. The van der Waals surface area contributed by atoms with E-state index in [2.05, 4.69) is 26.5 Å². The van der Waals surface area contributed by atoms with Crippen LogP contribution in [0.1, 0.15) is 26.7 Å². The lowest BCUT2D eigenvalue weighted by atomic mass is 9.79. The van der Waals surface area contributed by atoms with Gasteiger partial charge in [-0.3, -0.25) is 4.79 Å². The number of carbonyl (C=O) groups is 1. The van der Waals surface area contributed by atoms with Crippen LogP contribution in [0.4, 0.5) is 0 Å². The van der Waals surface area contributed by atoms with Gasteiger partial charge in [-0.15, -0.1) is 0 Å². The molecule has 0 fully saturated rings. The molecule has 0 saturated heterocycles. The summed E-state index contributed by atoms with van der Waals surface area (Å²) in [6.07, 6.45) is 5.06. The lowest BCUT2D eigenvalue weighted by molar-refractivity contribution is -0.105. The Labute approximate surface area is 74.2 Å². The Morgan fingerprint density at radius 3 is 2.83 bits per heavy atom. The molecule has 0 aromatic carbocycles. The molecule has 12 heavy (non-hydrogen) atoms. The molecular formula is C11H16O. The highest BCUT2D eigenvalue weighted by Crippen LogP contribution is 2.31. The number of hydrogen-bond acceptors (Lipinski definition) is 1. The maximum Gasteiger partial charge on any atom is 0.145 e. The molecule has 0 radical (unpaired) electrons. The second kappa shape index (κ2) is 3.70. The predicted molar refractivity (Wildman–Crippen MR) is 50.8 cm³/mol. The average Bonchev–Trinajstić information content (AvgIpc) is 2.03. The van der Waals surface area contributed by atoms with Crippen LogP contribution in [0.25, 0.3) is 0 Å². The maximum atomic E-state index is 10.5. The van der Waals surface area contributed by atoms with Crippen LogP contribution >= 0.6 is 0 Å². The van der Waals surface area contributed by atoms with Crippen LogP contribution < -0.4 is 0 Å². The first-order chi connectivity index (χ1) is 5.65. The van der Waals surface area contributed by atoms with Crippen LogP contribution in [0.15, 0.2) is 23.8 Å². The van der Waals surface area contributed by atoms with E-state index in [1.165, 1.54) is 5.57 Å². The second-order valence-electron chi connectivity index (χ2n) is 3.71. The van der Waals surface area contributed by atoms with Gasteiger partial charge in [-0.1, -0.05) is 25.2 Å². The molecule has 1 nitrogen and oxygen atoms in total. The fraction of sp³-hybridized carbons (Fsp3) is 0.545. The molecule has 0 aliphatic heterocycles. The van der Waals surface area contributed by atoms with Gasteiger partial charge in [-0.05, 0) is 37.2 Å². The van der Waals surface area contributed by atoms with Crippen molar-refractivity contribution in [2.45, 2.75) is 26.7 Å². The number of rotatable bonds is 2. The van der Waals surface area contributed by atoms with E-state index in [0.29, 0.717) is 11.8 Å². The molecule has 0 heterocycles. The lowest BCUT2D eigenvalue weighted by Gasteiger charge is -2.26. The van der Waals surface area contributed by atoms with E-state index in [0.717, 1.165) is 24.7 Å². The van der Waals surface area contributed by atoms with E-state index in [-0.39, 0.29) is 0 Å². The molecule has 1 aliphatic rings. The van der Waals surface area contributed by atoms with Crippen LogP contribution in [-0.2, 0) is 4.79 Å². The summed E-state index contributed by atoms with van der Waals surface area (Å²) in [5, 5.41) is 0. The summed E-state index contributed by atoms with van der Waals surface area (Å²) < 4.78 is 0. The first-order valence-corrected chi connectivity index (χ1v) is 4.46. The van der Waals surface area contributed by atoms with Gasteiger partial charge in [0.2, 0.25) is 0 Å². The monoisotopic (exact) mass is 164 g/mol. The number of aldehydes is 1. The summed E-state index contributed by atoms with van der Waals surface area (Å²) in [4.78, 5) is 10.5. The molecule has 0 saturated carbocycles. The number of allylic oxidation sites excluding steroid dienone is 3. The zero-order valence-electron chi connectivity index (χ0n) is 7.84. The van der Waals surface area contributed by atoms with Crippen LogP contribution in [0.3, 0.4) is 0 Å². The predicted octanol–water partition coefficient (Wildman–Crippen LogP) is 2.73. The molecule has 2 atom stereocenters.